The molecule has 2 fully saturated rings. The SMILES string of the molecule is CCNC(=NCc1cccs1)N1CCN(CC2CCOC2)CC1. The molecule has 1 unspecified atom stereocenters. The average molecular weight is 337 g/mol. The average Bonchev–Trinajstić information content (AvgIpc) is 3.26. The van der Waals surface area contributed by atoms with Crippen LogP contribution < -0.4 is 5.32 Å². The Hall–Kier alpha value is -1.11. The molecule has 0 aromatic carbocycles. The molecule has 0 amide bonds. The Morgan fingerprint density at radius 3 is 2.91 bits per heavy atom. The van der Waals surface area contributed by atoms with Crippen molar-refractivity contribution in [3.05, 3.63) is 22.4 Å². The molecular formula is C17H28N4OS. The third kappa shape index (κ3) is 4.93. The molecule has 2 aliphatic rings. The van der Waals surface area contributed by atoms with Gasteiger partial charge >= 0.3 is 0 Å². The molecule has 0 spiro atoms. The van der Waals surface area contributed by atoms with Crippen LogP contribution in [0.3, 0.4) is 0 Å². The van der Waals surface area contributed by atoms with Gasteiger partial charge in [0.2, 0.25) is 0 Å². The van der Waals surface area contributed by atoms with Gasteiger partial charge in [-0.25, -0.2) is 4.99 Å². The van der Waals surface area contributed by atoms with Gasteiger partial charge in [-0.15, -0.1) is 11.3 Å². The fourth-order valence-corrected chi connectivity index (χ4v) is 3.84. The lowest BCUT2D eigenvalue weighted by Crippen LogP contribution is -2.53. The summed E-state index contributed by atoms with van der Waals surface area (Å²) in [6.07, 6.45) is 1.23. The van der Waals surface area contributed by atoms with Gasteiger partial charge < -0.3 is 15.0 Å². The maximum absolute atomic E-state index is 5.49. The van der Waals surface area contributed by atoms with Crippen LogP contribution in [-0.4, -0.2) is 68.2 Å². The van der Waals surface area contributed by atoms with Gasteiger partial charge in [0.15, 0.2) is 5.96 Å². The quantitative estimate of drug-likeness (QED) is 0.658. The van der Waals surface area contributed by atoms with Crippen LogP contribution in [0, 0.1) is 5.92 Å². The molecule has 1 aromatic heterocycles. The lowest BCUT2D eigenvalue weighted by molar-refractivity contribution is 0.139. The van der Waals surface area contributed by atoms with Gasteiger partial charge in [0, 0.05) is 50.8 Å². The second-order valence-electron chi connectivity index (χ2n) is 6.27. The van der Waals surface area contributed by atoms with Crippen LogP contribution in [0.5, 0.6) is 0 Å². The second-order valence-corrected chi connectivity index (χ2v) is 7.30. The molecule has 0 bridgehead atoms. The van der Waals surface area contributed by atoms with E-state index in [0.717, 1.165) is 64.4 Å². The minimum Gasteiger partial charge on any atom is -0.381 e. The highest BCUT2D eigenvalue weighted by Gasteiger charge is 2.23. The van der Waals surface area contributed by atoms with Gasteiger partial charge in [-0.05, 0) is 30.7 Å². The summed E-state index contributed by atoms with van der Waals surface area (Å²) in [6.45, 7) is 11.3. The Labute approximate surface area is 143 Å². The molecule has 23 heavy (non-hydrogen) atoms. The third-order valence-corrected chi connectivity index (χ3v) is 5.37. The van der Waals surface area contributed by atoms with Crippen LogP contribution in [0.1, 0.15) is 18.2 Å². The number of hydrogen-bond donors (Lipinski definition) is 1. The largest absolute Gasteiger partial charge is 0.381 e. The van der Waals surface area contributed by atoms with Crippen molar-refractivity contribution in [1.29, 1.82) is 0 Å². The van der Waals surface area contributed by atoms with Crippen LogP contribution in [0.15, 0.2) is 22.5 Å². The van der Waals surface area contributed by atoms with E-state index in [1.54, 1.807) is 11.3 Å². The number of aliphatic imine (C=N–C) groups is 1. The molecule has 5 nitrogen and oxygen atoms in total. The van der Waals surface area contributed by atoms with Gasteiger partial charge in [-0.2, -0.15) is 0 Å². The van der Waals surface area contributed by atoms with E-state index in [0.29, 0.717) is 0 Å². The van der Waals surface area contributed by atoms with Crippen LogP contribution in [0.4, 0.5) is 0 Å². The molecular weight excluding hydrogens is 308 g/mol. The third-order valence-electron chi connectivity index (χ3n) is 4.51. The number of nitrogens with one attached hydrogen (secondary N) is 1. The standard InChI is InChI=1S/C17H28N4OS/c1-2-18-17(19-12-16-4-3-11-23-16)21-8-6-20(7-9-21)13-15-5-10-22-14-15/h3-4,11,15H,2,5-10,12-14H2,1H3,(H,18,19). The Bertz CT molecular complexity index is 477. The van der Waals surface area contributed by atoms with Gasteiger partial charge in [0.25, 0.3) is 0 Å². The minimum atomic E-state index is 0.738. The van der Waals surface area contributed by atoms with Gasteiger partial charge in [0.1, 0.15) is 0 Å². The van der Waals surface area contributed by atoms with Crippen molar-refractivity contribution in [2.24, 2.45) is 10.9 Å². The van der Waals surface area contributed by atoms with Gasteiger partial charge in [0.05, 0.1) is 13.2 Å². The molecule has 6 heteroatoms. The number of ether oxygens (including phenoxy) is 1. The number of hydrogen-bond acceptors (Lipinski definition) is 4. The summed E-state index contributed by atoms with van der Waals surface area (Å²) in [5.41, 5.74) is 0. The Morgan fingerprint density at radius 1 is 1.39 bits per heavy atom. The molecule has 0 aliphatic carbocycles. The van der Waals surface area contributed by atoms with E-state index in [-0.39, 0.29) is 0 Å². The summed E-state index contributed by atoms with van der Waals surface area (Å²) >= 11 is 1.77. The van der Waals surface area contributed by atoms with Crippen molar-refractivity contribution in [2.45, 2.75) is 19.9 Å². The fraction of sp³-hybridized carbons (Fsp3) is 0.706. The summed E-state index contributed by atoms with van der Waals surface area (Å²) in [6, 6.07) is 4.24. The van der Waals surface area contributed by atoms with Crippen LogP contribution in [-0.2, 0) is 11.3 Å². The molecule has 3 heterocycles. The zero-order valence-electron chi connectivity index (χ0n) is 14.0. The number of piperazine rings is 1. The summed E-state index contributed by atoms with van der Waals surface area (Å²) in [4.78, 5) is 11.1. The lowest BCUT2D eigenvalue weighted by Gasteiger charge is -2.37. The van der Waals surface area contributed by atoms with Crippen LogP contribution >= 0.6 is 11.3 Å². The van der Waals surface area contributed by atoms with Crippen LogP contribution in [0.25, 0.3) is 0 Å². The maximum Gasteiger partial charge on any atom is 0.194 e. The van der Waals surface area contributed by atoms with Crippen molar-refractivity contribution in [3.63, 3.8) is 0 Å². The number of guanidine groups is 1. The summed E-state index contributed by atoms with van der Waals surface area (Å²) in [5, 5.41) is 5.56. The number of thiophene rings is 1. The van der Waals surface area contributed by atoms with Crippen molar-refractivity contribution in [1.82, 2.24) is 15.1 Å². The van der Waals surface area contributed by atoms with Crippen molar-refractivity contribution >= 4 is 17.3 Å². The first-order chi connectivity index (χ1) is 11.3. The van der Waals surface area contributed by atoms with Crippen molar-refractivity contribution < 1.29 is 4.74 Å². The number of nitrogens with zero attached hydrogens (tertiary/aromatic N) is 3. The molecule has 1 atom stereocenters. The van der Waals surface area contributed by atoms with Crippen molar-refractivity contribution in [3.8, 4) is 0 Å². The highest BCUT2D eigenvalue weighted by Crippen LogP contribution is 2.15. The lowest BCUT2D eigenvalue weighted by atomic mass is 10.1. The highest BCUT2D eigenvalue weighted by atomic mass is 32.1. The second kappa shape index (κ2) is 8.66. The monoisotopic (exact) mass is 336 g/mol. The van der Waals surface area contributed by atoms with E-state index >= 15 is 0 Å². The molecule has 2 aliphatic heterocycles. The Morgan fingerprint density at radius 2 is 2.26 bits per heavy atom. The molecule has 128 valence electrons. The summed E-state index contributed by atoms with van der Waals surface area (Å²) in [5.74, 6) is 1.80. The van der Waals surface area contributed by atoms with E-state index in [1.807, 2.05) is 0 Å². The van der Waals surface area contributed by atoms with E-state index in [9.17, 15) is 0 Å². The van der Waals surface area contributed by atoms with Crippen molar-refractivity contribution in [2.75, 3.05) is 52.5 Å². The highest BCUT2D eigenvalue weighted by molar-refractivity contribution is 7.09. The zero-order chi connectivity index (χ0) is 15.9. The van der Waals surface area contributed by atoms with E-state index in [2.05, 4.69) is 39.6 Å². The Kier molecular flexibility index (Phi) is 6.30. The van der Waals surface area contributed by atoms with E-state index in [4.69, 9.17) is 9.73 Å². The molecule has 2 saturated heterocycles. The first-order valence-corrected chi connectivity index (χ1v) is 9.59. The fourth-order valence-electron chi connectivity index (χ4n) is 3.22. The van der Waals surface area contributed by atoms with E-state index < -0.39 is 0 Å². The smallest absolute Gasteiger partial charge is 0.194 e. The first-order valence-electron chi connectivity index (χ1n) is 8.71. The maximum atomic E-state index is 5.49. The molecule has 0 saturated carbocycles. The zero-order valence-corrected chi connectivity index (χ0v) is 14.9. The number of rotatable bonds is 5. The molecule has 3 rings (SSSR count). The normalized spacial score (nSPS) is 23.4. The predicted molar refractivity (Wildman–Crippen MR) is 96.1 cm³/mol. The molecule has 1 N–H and O–H groups in total. The topological polar surface area (TPSA) is 40.1 Å². The molecule has 0 radical (unpaired) electrons. The Balaban J connectivity index is 1.49. The van der Waals surface area contributed by atoms with Gasteiger partial charge in [-0.3, -0.25) is 4.90 Å². The summed E-state index contributed by atoms with van der Waals surface area (Å²) in [7, 11) is 0. The predicted octanol–water partition coefficient (Wildman–Crippen LogP) is 1.87. The first kappa shape index (κ1) is 16.7. The summed E-state index contributed by atoms with van der Waals surface area (Å²) < 4.78 is 5.49. The molecule has 1 aromatic rings. The van der Waals surface area contributed by atoms with Gasteiger partial charge in [-0.1, -0.05) is 6.07 Å². The van der Waals surface area contributed by atoms with Crippen LogP contribution in [0.2, 0.25) is 0 Å². The van der Waals surface area contributed by atoms with E-state index in [1.165, 1.54) is 17.8 Å². The minimum absolute atomic E-state index is 0.738.